The number of nitrogens with one attached hydrogen (secondary N) is 2. The van der Waals surface area contributed by atoms with Crippen LogP contribution in [0.15, 0.2) is 18.2 Å². The molecular formula is C13H22N4O. The molecule has 0 aliphatic carbocycles. The minimum absolute atomic E-state index is 0.116. The largest absolute Gasteiger partial charge is 0.399 e. The lowest BCUT2D eigenvalue weighted by atomic mass is 10.1. The first-order valence-electron chi connectivity index (χ1n) is 5.97. The maximum absolute atomic E-state index is 11.7. The molecule has 1 atom stereocenters. The zero-order valence-electron chi connectivity index (χ0n) is 11.4. The van der Waals surface area contributed by atoms with Gasteiger partial charge in [-0.15, -0.1) is 0 Å². The van der Waals surface area contributed by atoms with E-state index in [0.717, 1.165) is 12.2 Å². The monoisotopic (exact) mass is 250 g/mol. The molecule has 5 nitrogen and oxygen atoms in total. The molecule has 0 radical (unpaired) electrons. The lowest BCUT2D eigenvalue weighted by Gasteiger charge is -2.21. The second kappa shape index (κ2) is 6.26. The summed E-state index contributed by atoms with van der Waals surface area (Å²) >= 11 is 0. The molecule has 4 N–H and O–H groups in total. The van der Waals surface area contributed by atoms with E-state index in [-0.39, 0.29) is 5.91 Å². The molecule has 1 unspecified atom stereocenters. The molecule has 1 amide bonds. The van der Waals surface area contributed by atoms with E-state index >= 15 is 0 Å². The van der Waals surface area contributed by atoms with Crippen molar-refractivity contribution >= 4 is 17.3 Å². The van der Waals surface area contributed by atoms with E-state index in [9.17, 15) is 4.79 Å². The van der Waals surface area contributed by atoms with Crippen molar-refractivity contribution in [2.24, 2.45) is 0 Å². The van der Waals surface area contributed by atoms with Crippen LogP contribution in [0.4, 0.5) is 11.4 Å². The molecule has 0 aromatic heterocycles. The summed E-state index contributed by atoms with van der Waals surface area (Å²) < 4.78 is 0. The molecule has 0 fully saturated rings. The SMILES string of the molecule is CNC(=O)c1ccc(N)cc1NCC(C)N(C)C. The Bertz CT molecular complexity index is 417. The summed E-state index contributed by atoms with van der Waals surface area (Å²) in [4.78, 5) is 13.8. The number of carbonyl (C=O) groups excluding carboxylic acids is 1. The highest BCUT2D eigenvalue weighted by molar-refractivity contribution is 6.00. The van der Waals surface area contributed by atoms with E-state index in [0.29, 0.717) is 17.3 Å². The third-order valence-corrected chi connectivity index (χ3v) is 2.98. The second-order valence-corrected chi connectivity index (χ2v) is 4.58. The fraction of sp³-hybridized carbons (Fsp3) is 0.462. The van der Waals surface area contributed by atoms with Gasteiger partial charge in [-0.2, -0.15) is 0 Å². The van der Waals surface area contributed by atoms with Gasteiger partial charge in [-0.3, -0.25) is 4.79 Å². The lowest BCUT2D eigenvalue weighted by molar-refractivity contribution is 0.0964. The first kappa shape index (κ1) is 14.3. The Hall–Kier alpha value is -1.75. The Kier molecular flexibility index (Phi) is 4.97. The van der Waals surface area contributed by atoms with Gasteiger partial charge < -0.3 is 21.3 Å². The molecule has 0 bridgehead atoms. The fourth-order valence-corrected chi connectivity index (χ4v) is 1.48. The number of nitrogens with two attached hydrogens (primary N) is 1. The van der Waals surface area contributed by atoms with Crippen LogP contribution in [-0.4, -0.2) is 44.5 Å². The molecular weight excluding hydrogens is 228 g/mol. The highest BCUT2D eigenvalue weighted by Gasteiger charge is 2.11. The normalized spacial score (nSPS) is 12.3. The number of likely N-dealkylation sites (N-methyl/N-ethyl adjacent to an activating group) is 1. The zero-order valence-corrected chi connectivity index (χ0v) is 11.4. The van der Waals surface area contributed by atoms with Gasteiger partial charge in [0.1, 0.15) is 0 Å². The van der Waals surface area contributed by atoms with Gasteiger partial charge in [-0.05, 0) is 39.2 Å². The summed E-state index contributed by atoms with van der Waals surface area (Å²) in [6.45, 7) is 2.86. The quantitative estimate of drug-likeness (QED) is 0.682. The van der Waals surface area contributed by atoms with Gasteiger partial charge in [-0.25, -0.2) is 0 Å². The third-order valence-electron chi connectivity index (χ3n) is 2.98. The second-order valence-electron chi connectivity index (χ2n) is 4.58. The average Bonchev–Trinajstić information content (AvgIpc) is 2.34. The molecule has 1 aromatic carbocycles. The van der Waals surface area contributed by atoms with E-state index in [4.69, 9.17) is 5.73 Å². The van der Waals surface area contributed by atoms with E-state index in [2.05, 4.69) is 22.5 Å². The molecule has 1 rings (SSSR count). The maximum Gasteiger partial charge on any atom is 0.253 e. The van der Waals surface area contributed by atoms with Crippen LogP contribution in [0.3, 0.4) is 0 Å². The third kappa shape index (κ3) is 3.63. The van der Waals surface area contributed by atoms with E-state index in [1.165, 1.54) is 0 Å². The number of carbonyl (C=O) groups is 1. The molecule has 0 aliphatic heterocycles. The van der Waals surface area contributed by atoms with Gasteiger partial charge >= 0.3 is 0 Å². The number of hydrogen-bond acceptors (Lipinski definition) is 4. The Morgan fingerprint density at radius 1 is 1.44 bits per heavy atom. The Morgan fingerprint density at radius 3 is 2.67 bits per heavy atom. The van der Waals surface area contributed by atoms with Gasteiger partial charge in [0.15, 0.2) is 0 Å². The molecule has 100 valence electrons. The average molecular weight is 250 g/mol. The predicted molar refractivity (Wildman–Crippen MR) is 75.9 cm³/mol. The van der Waals surface area contributed by atoms with Gasteiger partial charge in [0.25, 0.3) is 5.91 Å². The van der Waals surface area contributed by atoms with Crippen molar-refractivity contribution in [2.45, 2.75) is 13.0 Å². The molecule has 0 spiro atoms. The fourth-order valence-electron chi connectivity index (χ4n) is 1.48. The number of rotatable bonds is 5. The van der Waals surface area contributed by atoms with Crippen LogP contribution >= 0.6 is 0 Å². The summed E-state index contributed by atoms with van der Waals surface area (Å²) in [6, 6.07) is 5.61. The lowest BCUT2D eigenvalue weighted by Crippen LogP contribution is -2.32. The van der Waals surface area contributed by atoms with Crippen LogP contribution in [0.5, 0.6) is 0 Å². The van der Waals surface area contributed by atoms with Crippen LogP contribution in [-0.2, 0) is 0 Å². The highest BCUT2D eigenvalue weighted by atomic mass is 16.1. The van der Waals surface area contributed by atoms with Crippen molar-refractivity contribution in [3.63, 3.8) is 0 Å². The molecule has 1 aromatic rings. The maximum atomic E-state index is 11.7. The van der Waals surface area contributed by atoms with E-state index in [1.807, 2.05) is 14.1 Å². The Morgan fingerprint density at radius 2 is 2.11 bits per heavy atom. The Labute approximate surface area is 108 Å². The van der Waals surface area contributed by atoms with Crippen LogP contribution in [0.25, 0.3) is 0 Å². The van der Waals surface area contributed by atoms with Crippen molar-refractivity contribution < 1.29 is 4.79 Å². The van der Waals surface area contributed by atoms with Crippen LogP contribution < -0.4 is 16.4 Å². The minimum atomic E-state index is -0.116. The molecule has 0 heterocycles. The standard InChI is InChI=1S/C13H22N4O/c1-9(17(3)4)8-16-12-7-10(14)5-6-11(12)13(18)15-2/h5-7,9,16H,8,14H2,1-4H3,(H,15,18). The van der Waals surface area contributed by atoms with Crippen molar-refractivity contribution in [3.8, 4) is 0 Å². The van der Waals surface area contributed by atoms with Gasteiger partial charge in [0.05, 0.1) is 5.56 Å². The number of amides is 1. The number of anilines is 2. The topological polar surface area (TPSA) is 70.4 Å². The molecule has 0 saturated carbocycles. The number of nitrogen functional groups attached to an aromatic ring is 1. The highest BCUT2D eigenvalue weighted by Crippen LogP contribution is 2.19. The van der Waals surface area contributed by atoms with Crippen LogP contribution in [0.2, 0.25) is 0 Å². The van der Waals surface area contributed by atoms with Crippen molar-refractivity contribution in [3.05, 3.63) is 23.8 Å². The van der Waals surface area contributed by atoms with Crippen molar-refractivity contribution in [1.82, 2.24) is 10.2 Å². The summed E-state index contributed by atoms with van der Waals surface area (Å²) in [5.74, 6) is -0.116. The molecule has 5 heteroatoms. The van der Waals surface area contributed by atoms with Gasteiger partial charge in [0, 0.05) is 31.0 Å². The molecule has 0 aliphatic rings. The van der Waals surface area contributed by atoms with Crippen LogP contribution in [0.1, 0.15) is 17.3 Å². The minimum Gasteiger partial charge on any atom is -0.399 e. The van der Waals surface area contributed by atoms with Crippen LogP contribution in [0, 0.1) is 0 Å². The first-order chi connectivity index (χ1) is 8.45. The summed E-state index contributed by atoms with van der Waals surface area (Å²) in [5, 5.41) is 5.89. The van der Waals surface area contributed by atoms with E-state index in [1.54, 1.807) is 25.2 Å². The summed E-state index contributed by atoms with van der Waals surface area (Å²) in [5.41, 5.74) is 7.77. The van der Waals surface area contributed by atoms with Crippen molar-refractivity contribution in [2.75, 3.05) is 38.7 Å². The number of benzene rings is 1. The van der Waals surface area contributed by atoms with Crippen molar-refractivity contribution in [1.29, 1.82) is 0 Å². The smallest absolute Gasteiger partial charge is 0.253 e. The molecule has 0 saturated heterocycles. The van der Waals surface area contributed by atoms with Gasteiger partial charge in [-0.1, -0.05) is 0 Å². The number of hydrogen-bond donors (Lipinski definition) is 3. The Balaban J connectivity index is 2.86. The summed E-state index contributed by atoms with van der Waals surface area (Å²) in [7, 11) is 5.65. The number of nitrogens with zero attached hydrogens (tertiary/aromatic N) is 1. The first-order valence-corrected chi connectivity index (χ1v) is 5.97. The molecule has 18 heavy (non-hydrogen) atoms. The zero-order chi connectivity index (χ0) is 13.7. The van der Waals surface area contributed by atoms with Gasteiger partial charge in [0.2, 0.25) is 0 Å². The summed E-state index contributed by atoms with van der Waals surface area (Å²) in [6.07, 6.45) is 0. The predicted octanol–water partition coefficient (Wildman–Crippen LogP) is 0.990. The van der Waals surface area contributed by atoms with E-state index < -0.39 is 0 Å².